The van der Waals surface area contributed by atoms with Crippen LogP contribution in [-0.4, -0.2) is 20.3 Å². The second-order valence-corrected chi connectivity index (χ2v) is 7.62. The molecule has 2 heterocycles. The largest absolute Gasteiger partial charge is 0.383 e. The van der Waals surface area contributed by atoms with E-state index in [2.05, 4.69) is 10.4 Å². The van der Waals surface area contributed by atoms with Crippen molar-refractivity contribution >= 4 is 39.9 Å². The predicted molar refractivity (Wildman–Crippen MR) is 122 cm³/mol. The quantitative estimate of drug-likeness (QED) is 0.454. The van der Waals surface area contributed by atoms with Crippen molar-refractivity contribution in [3.63, 3.8) is 0 Å². The first-order valence-electron chi connectivity index (χ1n) is 9.58. The number of carbonyl (C=O) groups is 1. The van der Waals surface area contributed by atoms with Gasteiger partial charge in [0.05, 0.1) is 16.5 Å². The van der Waals surface area contributed by atoms with E-state index < -0.39 is 11.9 Å². The van der Waals surface area contributed by atoms with Crippen molar-refractivity contribution in [2.24, 2.45) is 7.05 Å². The number of hydrogen-bond acceptors (Lipinski definition) is 5. The normalized spacial score (nSPS) is 12.1. The van der Waals surface area contributed by atoms with Crippen LogP contribution in [-0.2, 0) is 7.05 Å². The summed E-state index contributed by atoms with van der Waals surface area (Å²) in [6.07, 6.45) is 0. The van der Waals surface area contributed by atoms with Crippen LogP contribution in [0.2, 0.25) is 5.02 Å². The summed E-state index contributed by atoms with van der Waals surface area (Å²) in [6, 6.07) is 15.7. The van der Waals surface area contributed by atoms with Crippen LogP contribution in [0.25, 0.3) is 16.5 Å². The molecule has 0 spiro atoms. The van der Waals surface area contributed by atoms with Crippen LogP contribution in [0.1, 0.15) is 29.0 Å². The van der Waals surface area contributed by atoms with Gasteiger partial charge in [-0.3, -0.25) is 18.8 Å². The lowest BCUT2D eigenvalue weighted by atomic mass is 10.1. The van der Waals surface area contributed by atoms with Gasteiger partial charge < -0.3 is 16.8 Å². The van der Waals surface area contributed by atoms with Crippen molar-refractivity contribution in [3.05, 3.63) is 81.2 Å². The van der Waals surface area contributed by atoms with E-state index in [1.54, 1.807) is 30.7 Å². The van der Waals surface area contributed by atoms with Crippen molar-refractivity contribution in [1.29, 1.82) is 0 Å². The molecular formula is C22H21ClN6O2. The van der Waals surface area contributed by atoms with Crippen molar-refractivity contribution in [1.82, 2.24) is 19.7 Å². The molecule has 9 heteroatoms. The Balaban J connectivity index is 1.86. The fraction of sp³-hybridized carbons (Fsp3) is 0.136. The van der Waals surface area contributed by atoms with Crippen LogP contribution in [0.15, 0.2) is 59.4 Å². The van der Waals surface area contributed by atoms with Gasteiger partial charge in [-0.2, -0.15) is 5.10 Å². The van der Waals surface area contributed by atoms with Crippen molar-refractivity contribution in [3.8, 4) is 5.69 Å². The van der Waals surface area contributed by atoms with Gasteiger partial charge in [0.1, 0.15) is 11.4 Å². The van der Waals surface area contributed by atoms with Gasteiger partial charge in [-0.05, 0) is 36.6 Å². The van der Waals surface area contributed by atoms with E-state index in [9.17, 15) is 9.59 Å². The van der Waals surface area contributed by atoms with E-state index in [0.717, 1.165) is 0 Å². The molecule has 1 atom stereocenters. The number of anilines is 2. The third-order valence-electron chi connectivity index (χ3n) is 5.18. The maximum absolute atomic E-state index is 13.5. The number of para-hydroxylation sites is 1. The third-order valence-corrected chi connectivity index (χ3v) is 5.49. The van der Waals surface area contributed by atoms with Gasteiger partial charge in [-0.1, -0.05) is 41.9 Å². The Bertz CT molecular complexity index is 1360. The number of pyridine rings is 1. The summed E-state index contributed by atoms with van der Waals surface area (Å²) in [5.41, 5.74) is 12.9. The summed E-state index contributed by atoms with van der Waals surface area (Å²) in [5, 5.41) is 8.32. The molecule has 0 unspecified atom stereocenters. The standard InChI is InChI=1S/C22H21ClN6O2/c1-12(26-21(30)18-19(24)27-28(2)20(18)25)16-11-13-7-6-10-15(23)17(13)22(31)29(16)14-8-4-3-5-9-14/h3-12H,25H2,1-2H3,(H2,24,27)(H,26,30)/t12-/m0/s1. The Morgan fingerprint density at radius 2 is 1.84 bits per heavy atom. The van der Waals surface area contributed by atoms with E-state index in [1.165, 1.54) is 4.68 Å². The smallest absolute Gasteiger partial charge is 0.264 e. The van der Waals surface area contributed by atoms with Gasteiger partial charge >= 0.3 is 0 Å². The molecule has 2 aromatic heterocycles. The first kappa shape index (κ1) is 20.5. The van der Waals surface area contributed by atoms with Crippen LogP contribution in [0.4, 0.5) is 11.6 Å². The summed E-state index contributed by atoms with van der Waals surface area (Å²) in [4.78, 5) is 26.4. The van der Waals surface area contributed by atoms with Crippen LogP contribution < -0.4 is 22.3 Å². The zero-order valence-corrected chi connectivity index (χ0v) is 17.7. The average Bonchev–Trinajstić information content (AvgIpc) is 2.99. The van der Waals surface area contributed by atoms with E-state index in [-0.39, 0.29) is 22.8 Å². The molecule has 0 bridgehead atoms. The molecule has 4 rings (SSSR count). The molecule has 0 aliphatic heterocycles. The lowest BCUT2D eigenvalue weighted by Crippen LogP contribution is -2.32. The molecule has 8 nitrogen and oxygen atoms in total. The van der Waals surface area contributed by atoms with Crippen LogP contribution >= 0.6 is 11.6 Å². The van der Waals surface area contributed by atoms with E-state index >= 15 is 0 Å². The molecule has 0 fully saturated rings. The van der Waals surface area contributed by atoms with Gasteiger partial charge in [0.15, 0.2) is 5.82 Å². The number of aryl methyl sites for hydroxylation is 1. The Labute approximate surface area is 183 Å². The summed E-state index contributed by atoms with van der Waals surface area (Å²) in [6.45, 7) is 1.78. The highest BCUT2D eigenvalue weighted by Crippen LogP contribution is 2.26. The summed E-state index contributed by atoms with van der Waals surface area (Å²) in [5.74, 6) is -0.280. The van der Waals surface area contributed by atoms with Gasteiger partial charge in [0.2, 0.25) is 0 Å². The van der Waals surface area contributed by atoms with Crippen LogP contribution in [0, 0.1) is 0 Å². The number of fused-ring (bicyclic) bond motifs is 1. The average molecular weight is 437 g/mol. The summed E-state index contributed by atoms with van der Waals surface area (Å²) < 4.78 is 2.89. The van der Waals surface area contributed by atoms with Crippen LogP contribution in [0.5, 0.6) is 0 Å². The minimum absolute atomic E-state index is 0.0374. The van der Waals surface area contributed by atoms with Crippen LogP contribution in [0.3, 0.4) is 0 Å². The lowest BCUT2D eigenvalue weighted by molar-refractivity contribution is 0.0940. The van der Waals surface area contributed by atoms with Gasteiger partial charge in [-0.25, -0.2) is 0 Å². The molecule has 0 aliphatic carbocycles. The zero-order valence-electron chi connectivity index (χ0n) is 17.0. The molecule has 0 radical (unpaired) electrons. The minimum Gasteiger partial charge on any atom is -0.383 e. The van der Waals surface area contributed by atoms with Crippen molar-refractivity contribution in [2.45, 2.75) is 13.0 Å². The highest BCUT2D eigenvalue weighted by Gasteiger charge is 2.23. The number of nitrogens with two attached hydrogens (primary N) is 2. The van der Waals surface area contributed by atoms with Gasteiger partial charge in [0, 0.05) is 18.4 Å². The Morgan fingerprint density at radius 1 is 1.13 bits per heavy atom. The highest BCUT2D eigenvalue weighted by molar-refractivity contribution is 6.35. The fourth-order valence-electron chi connectivity index (χ4n) is 3.64. The monoisotopic (exact) mass is 436 g/mol. The second kappa shape index (κ2) is 7.81. The summed E-state index contributed by atoms with van der Waals surface area (Å²) >= 11 is 6.34. The number of carbonyl (C=O) groups excluding carboxylic acids is 1. The van der Waals surface area contributed by atoms with Gasteiger partial charge in [-0.15, -0.1) is 0 Å². The number of rotatable bonds is 4. The third kappa shape index (κ3) is 3.51. The first-order valence-corrected chi connectivity index (χ1v) is 9.95. The Morgan fingerprint density at radius 3 is 2.48 bits per heavy atom. The molecule has 1 amide bonds. The molecule has 31 heavy (non-hydrogen) atoms. The molecule has 0 saturated heterocycles. The topological polar surface area (TPSA) is 121 Å². The van der Waals surface area contributed by atoms with E-state index in [0.29, 0.717) is 27.2 Å². The number of nitrogen functional groups attached to an aromatic ring is 2. The number of benzene rings is 2. The lowest BCUT2D eigenvalue weighted by Gasteiger charge is -2.21. The molecule has 158 valence electrons. The molecule has 2 aromatic carbocycles. The SMILES string of the molecule is C[C@H](NC(=O)c1c(N)nn(C)c1N)c1cc2cccc(Cl)c2c(=O)n1-c1ccccc1. The van der Waals surface area contributed by atoms with E-state index in [4.69, 9.17) is 23.1 Å². The van der Waals surface area contributed by atoms with E-state index in [1.807, 2.05) is 42.5 Å². The molecule has 0 saturated carbocycles. The Kier molecular flexibility index (Phi) is 5.16. The molecule has 0 aliphatic rings. The number of halogens is 1. The fourth-order valence-corrected chi connectivity index (χ4v) is 3.90. The molecule has 5 N–H and O–H groups in total. The van der Waals surface area contributed by atoms with Gasteiger partial charge in [0.25, 0.3) is 11.5 Å². The number of amides is 1. The number of aromatic nitrogens is 3. The number of hydrogen-bond donors (Lipinski definition) is 3. The maximum Gasteiger partial charge on any atom is 0.264 e. The van der Waals surface area contributed by atoms with Crippen molar-refractivity contribution < 1.29 is 4.79 Å². The molecular weight excluding hydrogens is 416 g/mol. The summed E-state index contributed by atoms with van der Waals surface area (Å²) in [7, 11) is 1.60. The predicted octanol–water partition coefficient (Wildman–Crippen LogP) is 3.03. The number of nitrogens with one attached hydrogen (secondary N) is 1. The zero-order chi connectivity index (χ0) is 22.3. The minimum atomic E-state index is -0.553. The second-order valence-electron chi connectivity index (χ2n) is 7.21. The maximum atomic E-state index is 13.5. The highest BCUT2D eigenvalue weighted by atomic mass is 35.5. The molecule has 4 aromatic rings. The van der Waals surface area contributed by atoms with Crippen molar-refractivity contribution in [2.75, 3.05) is 11.5 Å². The Hall–Kier alpha value is -3.78. The number of nitrogens with zero attached hydrogens (tertiary/aromatic N) is 3. The first-order chi connectivity index (χ1) is 14.8.